The summed E-state index contributed by atoms with van der Waals surface area (Å²) in [6, 6.07) is 15.6. The van der Waals surface area contributed by atoms with E-state index in [0.29, 0.717) is 6.54 Å². The molecule has 3 rings (SSSR count). The summed E-state index contributed by atoms with van der Waals surface area (Å²) in [5.74, 6) is -0.830. The van der Waals surface area contributed by atoms with Crippen LogP contribution in [0.4, 0.5) is 10.1 Å². The molecule has 144 valence electrons. The lowest BCUT2D eigenvalue weighted by atomic mass is 10.3. The molecule has 8 heteroatoms. The first-order valence-corrected chi connectivity index (χ1v) is 9.75. The van der Waals surface area contributed by atoms with E-state index in [2.05, 4.69) is 15.7 Å². The summed E-state index contributed by atoms with van der Waals surface area (Å²) < 4.78 is 15.2. The second-order valence-corrected chi connectivity index (χ2v) is 6.91. The van der Waals surface area contributed by atoms with Gasteiger partial charge in [-0.1, -0.05) is 30.3 Å². The maximum absolute atomic E-state index is 13.5. The van der Waals surface area contributed by atoms with Gasteiger partial charge in [-0.2, -0.15) is 5.10 Å². The fourth-order valence-corrected chi connectivity index (χ4v) is 3.06. The smallest absolute Gasteiger partial charge is 0.234 e. The van der Waals surface area contributed by atoms with Crippen LogP contribution in [0.5, 0.6) is 0 Å². The fourth-order valence-electron chi connectivity index (χ4n) is 2.41. The molecule has 1 heterocycles. The molecule has 0 fully saturated rings. The van der Waals surface area contributed by atoms with E-state index in [4.69, 9.17) is 0 Å². The van der Waals surface area contributed by atoms with Gasteiger partial charge >= 0.3 is 0 Å². The zero-order chi connectivity index (χ0) is 19.8. The number of hydrogen-bond donors (Lipinski definition) is 2. The van der Waals surface area contributed by atoms with E-state index in [1.807, 2.05) is 36.5 Å². The molecule has 2 amide bonds. The van der Waals surface area contributed by atoms with Gasteiger partial charge < -0.3 is 10.6 Å². The first kappa shape index (κ1) is 19.6. The molecule has 0 aliphatic rings. The van der Waals surface area contributed by atoms with Crippen LogP contribution >= 0.6 is 11.8 Å². The zero-order valence-corrected chi connectivity index (χ0v) is 15.8. The van der Waals surface area contributed by atoms with Crippen LogP contribution in [-0.4, -0.2) is 33.1 Å². The number of anilines is 1. The molecule has 0 aliphatic carbocycles. The van der Waals surface area contributed by atoms with Crippen LogP contribution in [0.2, 0.25) is 0 Å². The van der Waals surface area contributed by atoms with Gasteiger partial charge in [0.25, 0.3) is 0 Å². The Kier molecular flexibility index (Phi) is 6.80. The minimum Gasteiger partial charge on any atom is -0.351 e. The van der Waals surface area contributed by atoms with E-state index in [-0.39, 0.29) is 29.0 Å². The van der Waals surface area contributed by atoms with Gasteiger partial charge in [0.05, 0.1) is 29.1 Å². The number of carbonyl (C=O) groups excluding carboxylic acids is 2. The van der Waals surface area contributed by atoms with Gasteiger partial charge in [-0.25, -0.2) is 9.07 Å². The van der Waals surface area contributed by atoms with E-state index in [1.54, 1.807) is 23.0 Å². The third-order valence-electron chi connectivity index (χ3n) is 3.76. The highest BCUT2D eigenvalue weighted by atomic mass is 32.2. The molecule has 0 spiro atoms. The molecule has 0 atom stereocenters. The van der Waals surface area contributed by atoms with Gasteiger partial charge in [-0.3, -0.25) is 9.59 Å². The Labute approximate surface area is 166 Å². The molecular formula is C20H19FN4O2S. The third kappa shape index (κ3) is 5.68. The minimum absolute atomic E-state index is 0.0632. The van der Waals surface area contributed by atoms with Crippen LogP contribution in [0.15, 0.2) is 67.0 Å². The quantitative estimate of drug-likeness (QED) is 0.612. The number of nitrogens with zero attached hydrogens (tertiary/aromatic N) is 2. The number of aromatic nitrogens is 2. The second kappa shape index (κ2) is 9.70. The van der Waals surface area contributed by atoms with Crippen LogP contribution < -0.4 is 10.6 Å². The maximum Gasteiger partial charge on any atom is 0.234 e. The average Bonchev–Trinajstić information content (AvgIpc) is 3.18. The predicted molar refractivity (Wildman–Crippen MR) is 108 cm³/mol. The van der Waals surface area contributed by atoms with Crippen LogP contribution in [0.25, 0.3) is 5.69 Å². The van der Waals surface area contributed by atoms with Gasteiger partial charge in [0.2, 0.25) is 11.8 Å². The third-order valence-corrected chi connectivity index (χ3v) is 4.69. The summed E-state index contributed by atoms with van der Waals surface area (Å²) in [6.45, 7) is 0.355. The van der Waals surface area contributed by atoms with Gasteiger partial charge in [0, 0.05) is 18.3 Å². The summed E-state index contributed by atoms with van der Waals surface area (Å²) >= 11 is 1.16. The number of halogens is 1. The SMILES string of the molecule is O=C(CSCC(=O)Nc1ccccc1F)NCc1cnn(-c2ccccc2)c1. The number of para-hydroxylation sites is 2. The van der Waals surface area contributed by atoms with E-state index >= 15 is 0 Å². The number of carbonyl (C=O) groups is 2. The largest absolute Gasteiger partial charge is 0.351 e. The van der Waals surface area contributed by atoms with Crippen molar-refractivity contribution in [2.45, 2.75) is 6.54 Å². The highest BCUT2D eigenvalue weighted by molar-refractivity contribution is 8.00. The van der Waals surface area contributed by atoms with Crippen molar-refractivity contribution in [1.82, 2.24) is 15.1 Å². The Bertz CT molecular complexity index is 946. The number of thioether (sulfide) groups is 1. The summed E-state index contributed by atoms with van der Waals surface area (Å²) in [5, 5.41) is 9.55. The summed E-state index contributed by atoms with van der Waals surface area (Å²) in [4.78, 5) is 23.8. The standard InChI is InChI=1S/C20H19FN4O2S/c21-17-8-4-5-9-18(17)24-20(27)14-28-13-19(26)22-10-15-11-23-25(12-15)16-6-2-1-3-7-16/h1-9,11-12H,10,13-14H2,(H,22,26)(H,24,27). The minimum atomic E-state index is -0.491. The molecule has 3 aromatic rings. The maximum atomic E-state index is 13.5. The van der Waals surface area contributed by atoms with Crippen LogP contribution in [0.1, 0.15) is 5.56 Å². The van der Waals surface area contributed by atoms with Crippen LogP contribution in [0.3, 0.4) is 0 Å². The Morgan fingerprint density at radius 3 is 2.50 bits per heavy atom. The summed E-state index contributed by atoms with van der Waals surface area (Å²) in [5.41, 5.74) is 1.95. The lowest BCUT2D eigenvalue weighted by Crippen LogP contribution is -2.25. The fraction of sp³-hybridized carbons (Fsp3) is 0.150. The van der Waals surface area contributed by atoms with Crippen molar-refractivity contribution in [3.8, 4) is 5.69 Å². The summed E-state index contributed by atoms with van der Waals surface area (Å²) in [7, 11) is 0. The molecule has 0 aliphatic heterocycles. The van der Waals surface area contributed by atoms with Crippen molar-refractivity contribution in [3.63, 3.8) is 0 Å². The van der Waals surface area contributed by atoms with Crippen molar-refractivity contribution in [2.75, 3.05) is 16.8 Å². The van der Waals surface area contributed by atoms with Gasteiger partial charge in [0.15, 0.2) is 0 Å². The van der Waals surface area contributed by atoms with E-state index in [0.717, 1.165) is 23.0 Å². The Balaban J connectivity index is 1.37. The molecule has 6 nitrogen and oxygen atoms in total. The number of benzene rings is 2. The Hall–Kier alpha value is -3.13. The second-order valence-electron chi connectivity index (χ2n) is 5.93. The Morgan fingerprint density at radius 1 is 1.00 bits per heavy atom. The lowest BCUT2D eigenvalue weighted by Gasteiger charge is -2.06. The van der Waals surface area contributed by atoms with E-state index in [1.165, 1.54) is 12.1 Å². The zero-order valence-electron chi connectivity index (χ0n) is 15.0. The molecule has 2 aromatic carbocycles. The molecule has 0 saturated heterocycles. The normalized spacial score (nSPS) is 10.5. The van der Waals surface area contributed by atoms with E-state index < -0.39 is 5.82 Å². The first-order chi connectivity index (χ1) is 13.6. The molecule has 0 unspecified atom stereocenters. The number of rotatable bonds is 8. The van der Waals surface area contributed by atoms with E-state index in [9.17, 15) is 14.0 Å². The van der Waals surface area contributed by atoms with Crippen molar-refractivity contribution in [3.05, 3.63) is 78.4 Å². The highest BCUT2D eigenvalue weighted by Crippen LogP contribution is 2.13. The van der Waals surface area contributed by atoms with Gasteiger partial charge in [-0.15, -0.1) is 11.8 Å². The molecule has 0 saturated carbocycles. The first-order valence-electron chi connectivity index (χ1n) is 8.59. The topological polar surface area (TPSA) is 76.0 Å². The van der Waals surface area contributed by atoms with Crippen molar-refractivity contribution in [1.29, 1.82) is 0 Å². The van der Waals surface area contributed by atoms with Gasteiger partial charge in [0.1, 0.15) is 5.82 Å². The molecule has 28 heavy (non-hydrogen) atoms. The molecular weight excluding hydrogens is 379 g/mol. The summed E-state index contributed by atoms with van der Waals surface area (Å²) in [6.07, 6.45) is 3.55. The van der Waals surface area contributed by atoms with Crippen molar-refractivity contribution in [2.24, 2.45) is 0 Å². The lowest BCUT2D eigenvalue weighted by molar-refractivity contribution is -0.118. The number of nitrogens with one attached hydrogen (secondary N) is 2. The Morgan fingerprint density at radius 2 is 1.71 bits per heavy atom. The molecule has 0 bridgehead atoms. The monoisotopic (exact) mass is 398 g/mol. The van der Waals surface area contributed by atoms with Crippen LogP contribution in [0, 0.1) is 5.82 Å². The van der Waals surface area contributed by atoms with Crippen molar-refractivity contribution >= 4 is 29.3 Å². The number of amides is 2. The predicted octanol–water partition coefficient (Wildman–Crippen LogP) is 3.00. The van der Waals surface area contributed by atoms with Crippen LogP contribution in [-0.2, 0) is 16.1 Å². The molecule has 2 N–H and O–H groups in total. The molecule has 1 aromatic heterocycles. The van der Waals surface area contributed by atoms with Gasteiger partial charge in [-0.05, 0) is 24.3 Å². The molecule has 0 radical (unpaired) electrons. The average molecular weight is 398 g/mol. The van der Waals surface area contributed by atoms with Crippen molar-refractivity contribution < 1.29 is 14.0 Å². The number of hydrogen-bond acceptors (Lipinski definition) is 4. The highest BCUT2D eigenvalue weighted by Gasteiger charge is 2.09.